The Labute approximate surface area is 271 Å². The molecule has 0 saturated heterocycles. The maximum absolute atomic E-state index is 14.4. The van der Waals surface area contributed by atoms with Crippen LogP contribution in [0.25, 0.3) is 17.0 Å². The van der Waals surface area contributed by atoms with Gasteiger partial charge in [-0.1, -0.05) is 77.5 Å². The molecule has 0 N–H and O–H groups in total. The van der Waals surface area contributed by atoms with Crippen molar-refractivity contribution in [3.05, 3.63) is 131 Å². The average molecular weight is 639 g/mol. The molecule has 9 heteroatoms. The van der Waals surface area contributed by atoms with E-state index >= 15 is 0 Å². The second-order valence-corrected chi connectivity index (χ2v) is 12.4. The van der Waals surface area contributed by atoms with Gasteiger partial charge in [-0.2, -0.15) is 0 Å². The van der Waals surface area contributed by atoms with E-state index in [9.17, 15) is 9.59 Å². The molecule has 5 aromatic rings. The number of carbonyl (C=O) groups excluding carboxylic acids is 1. The molecule has 1 atom stereocenters. The second-order valence-electron chi connectivity index (χ2n) is 11.0. The van der Waals surface area contributed by atoms with Crippen LogP contribution in [0.3, 0.4) is 0 Å². The van der Waals surface area contributed by atoms with Crippen molar-refractivity contribution in [3.8, 4) is 5.75 Å². The Morgan fingerprint density at radius 3 is 2.44 bits per heavy atom. The molecule has 0 aliphatic carbocycles. The Bertz CT molecular complexity index is 2150. The fraction of sp³-hybridized carbons (Fsp3) is 0.250. The summed E-state index contributed by atoms with van der Waals surface area (Å²) >= 11 is 7.89. The SMILES string of the molecule is CCN(CC)C(=O)C1=C(C)N=c2s/c(=C/c3c(C)n(Cc4ccccc4Cl)c4ccccc34)c(=O)n2[C@H]1c1ccccc1OC. The lowest BCUT2D eigenvalue weighted by atomic mass is 9.94. The molecule has 0 spiro atoms. The fourth-order valence-electron chi connectivity index (χ4n) is 6.23. The zero-order valence-electron chi connectivity index (χ0n) is 26.0. The van der Waals surface area contributed by atoms with Crippen molar-refractivity contribution in [2.75, 3.05) is 20.2 Å². The predicted octanol–water partition coefficient (Wildman–Crippen LogP) is 6.08. The summed E-state index contributed by atoms with van der Waals surface area (Å²) < 4.78 is 10.2. The highest BCUT2D eigenvalue weighted by Gasteiger charge is 2.35. The third-order valence-corrected chi connectivity index (χ3v) is 9.93. The van der Waals surface area contributed by atoms with Gasteiger partial charge in [-0.15, -0.1) is 0 Å². The van der Waals surface area contributed by atoms with Crippen LogP contribution in [0.2, 0.25) is 5.02 Å². The lowest BCUT2D eigenvalue weighted by molar-refractivity contribution is -0.127. The van der Waals surface area contributed by atoms with Crippen molar-refractivity contribution in [1.29, 1.82) is 0 Å². The van der Waals surface area contributed by atoms with E-state index in [1.807, 2.05) is 87.5 Å². The van der Waals surface area contributed by atoms with Crippen molar-refractivity contribution in [2.45, 2.75) is 40.3 Å². The Morgan fingerprint density at radius 1 is 1.02 bits per heavy atom. The summed E-state index contributed by atoms with van der Waals surface area (Å²) in [5.41, 5.74) is 5.69. The Balaban J connectivity index is 1.57. The van der Waals surface area contributed by atoms with E-state index in [0.717, 1.165) is 33.3 Å². The number of halogens is 1. The third-order valence-electron chi connectivity index (χ3n) is 8.58. The first-order chi connectivity index (χ1) is 21.8. The van der Waals surface area contributed by atoms with E-state index in [0.29, 0.717) is 51.0 Å². The monoisotopic (exact) mass is 638 g/mol. The number of thiazole rings is 1. The molecule has 2 aromatic heterocycles. The number of benzene rings is 3. The molecule has 1 aliphatic heterocycles. The van der Waals surface area contributed by atoms with Crippen LogP contribution in [0.4, 0.5) is 0 Å². The highest BCUT2D eigenvalue weighted by molar-refractivity contribution is 7.07. The Hall–Kier alpha value is -4.40. The number of aromatic nitrogens is 2. The molecule has 1 amide bonds. The summed E-state index contributed by atoms with van der Waals surface area (Å²) in [6.45, 7) is 9.53. The summed E-state index contributed by atoms with van der Waals surface area (Å²) in [6.07, 6.45) is 1.97. The number of carbonyl (C=O) groups is 1. The van der Waals surface area contributed by atoms with Crippen molar-refractivity contribution >= 4 is 45.8 Å². The zero-order chi connectivity index (χ0) is 31.8. The highest BCUT2D eigenvalue weighted by Crippen LogP contribution is 2.36. The molecule has 45 heavy (non-hydrogen) atoms. The number of ether oxygens (including phenoxy) is 1. The van der Waals surface area contributed by atoms with Gasteiger partial charge in [-0.05, 0) is 57.5 Å². The first-order valence-corrected chi connectivity index (χ1v) is 16.2. The standard InChI is InChI=1S/C36H35ClN4O3S/c1-6-39(7-2)35(43)32-22(3)38-36-41(33(32)26-16-10-13-19-30(26)44-5)34(42)31(45-36)20-27-23(4)40(29-18-12-9-15-25(27)29)21-24-14-8-11-17-28(24)37/h8-20,33H,6-7,21H2,1-5H3/b31-20+/t33-/m0/s1. The average Bonchev–Trinajstić information content (AvgIpc) is 3.50. The number of fused-ring (bicyclic) bond motifs is 2. The van der Waals surface area contributed by atoms with Gasteiger partial charge in [-0.3, -0.25) is 14.2 Å². The van der Waals surface area contributed by atoms with E-state index in [2.05, 4.69) is 23.6 Å². The van der Waals surface area contributed by atoms with Gasteiger partial charge in [0.1, 0.15) is 11.8 Å². The maximum Gasteiger partial charge on any atom is 0.271 e. The van der Waals surface area contributed by atoms with Crippen LogP contribution in [0.15, 0.2) is 93.9 Å². The molecule has 1 aliphatic rings. The number of allylic oxidation sites excluding steroid dienone is 1. The maximum atomic E-state index is 14.4. The van der Waals surface area contributed by atoms with Crippen LogP contribution in [-0.4, -0.2) is 40.1 Å². The zero-order valence-corrected chi connectivity index (χ0v) is 27.6. The molecule has 0 bridgehead atoms. The number of hydrogen-bond donors (Lipinski definition) is 0. The summed E-state index contributed by atoms with van der Waals surface area (Å²) in [5, 5.41) is 1.76. The summed E-state index contributed by atoms with van der Waals surface area (Å²) in [4.78, 5) is 35.6. The van der Waals surface area contributed by atoms with Crippen molar-refractivity contribution in [3.63, 3.8) is 0 Å². The second kappa shape index (κ2) is 12.5. The van der Waals surface area contributed by atoms with Crippen LogP contribution in [0.1, 0.15) is 49.2 Å². The summed E-state index contributed by atoms with van der Waals surface area (Å²) in [5.74, 6) is 0.472. The van der Waals surface area contributed by atoms with E-state index < -0.39 is 6.04 Å². The lowest BCUT2D eigenvalue weighted by Crippen LogP contribution is -2.43. The number of likely N-dealkylation sites (N-methyl/N-ethyl adjacent to an activating group) is 1. The van der Waals surface area contributed by atoms with Crippen LogP contribution in [0.5, 0.6) is 5.75 Å². The summed E-state index contributed by atoms with van der Waals surface area (Å²) in [7, 11) is 1.60. The van der Waals surface area contributed by atoms with Gasteiger partial charge >= 0.3 is 0 Å². The van der Waals surface area contributed by atoms with E-state index in [1.165, 1.54) is 11.3 Å². The minimum absolute atomic E-state index is 0.134. The van der Waals surface area contributed by atoms with E-state index in [4.69, 9.17) is 21.3 Å². The van der Waals surface area contributed by atoms with Gasteiger partial charge in [0.05, 0.1) is 22.9 Å². The molecule has 6 rings (SSSR count). The minimum atomic E-state index is -0.685. The lowest BCUT2D eigenvalue weighted by Gasteiger charge is -2.29. The molecule has 230 valence electrons. The van der Waals surface area contributed by atoms with Crippen LogP contribution >= 0.6 is 22.9 Å². The number of hydrogen-bond acceptors (Lipinski definition) is 5. The van der Waals surface area contributed by atoms with Crippen LogP contribution < -0.4 is 19.6 Å². The third kappa shape index (κ3) is 5.32. The van der Waals surface area contributed by atoms with Gasteiger partial charge in [0.25, 0.3) is 11.5 Å². The Morgan fingerprint density at radius 2 is 1.71 bits per heavy atom. The summed E-state index contributed by atoms with van der Waals surface area (Å²) in [6, 6.07) is 22.9. The quantitative estimate of drug-likeness (QED) is 0.207. The molecule has 0 saturated carbocycles. The van der Waals surface area contributed by atoms with Gasteiger partial charge in [0.15, 0.2) is 4.80 Å². The van der Waals surface area contributed by atoms with Crippen LogP contribution in [-0.2, 0) is 11.3 Å². The Kier molecular flexibility index (Phi) is 8.53. The van der Waals surface area contributed by atoms with E-state index in [-0.39, 0.29) is 11.5 Å². The minimum Gasteiger partial charge on any atom is -0.496 e. The van der Waals surface area contributed by atoms with Crippen molar-refractivity contribution in [1.82, 2.24) is 14.0 Å². The first kappa shape index (κ1) is 30.6. The van der Waals surface area contributed by atoms with Crippen molar-refractivity contribution in [2.24, 2.45) is 4.99 Å². The van der Waals surface area contributed by atoms with Crippen LogP contribution in [0, 0.1) is 6.92 Å². The van der Waals surface area contributed by atoms with Gasteiger partial charge in [-0.25, -0.2) is 4.99 Å². The molecule has 3 aromatic carbocycles. The highest BCUT2D eigenvalue weighted by atomic mass is 35.5. The van der Waals surface area contributed by atoms with E-state index in [1.54, 1.807) is 16.6 Å². The first-order valence-electron chi connectivity index (χ1n) is 15.0. The molecular weight excluding hydrogens is 604 g/mol. The molecule has 7 nitrogen and oxygen atoms in total. The smallest absolute Gasteiger partial charge is 0.271 e. The molecule has 0 radical (unpaired) electrons. The topological polar surface area (TPSA) is 68.8 Å². The van der Waals surface area contributed by atoms with Gasteiger partial charge in [0, 0.05) is 52.4 Å². The normalized spacial score (nSPS) is 14.9. The number of amides is 1. The molecular formula is C36H35ClN4O3S. The molecule has 3 heterocycles. The van der Waals surface area contributed by atoms with Crippen molar-refractivity contribution < 1.29 is 9.53 Å². The van der Waals surface area contributed by atoms with Gasteiger partial charge < -0.3 is 14.2 Å². The number of rotatable bonds is 8. The number of methoxy groups -OCH3 is 1. The molecule has 0 fully saturated rings. The molecule has 0 unspecified atom stereocenters. The fourth-order valence-corrected chi connectivity index (χ4v) is 7.46. The van der Waals surface area contributed by atoms with Gasteiger partial charge in [0.2, 0.25) is 0 Å². The predicted molar refractivity (Wildman–Crippen MR) is 182 cm³/mol. The number of nitrogens with zero attached hydrogens (tertiary/aromatic N) is 4. The largest absolute Gasteiger partial charge is 0.496 e. The number of para-hydroxylation sites is 2.